The summed E-state index contributed by atoms with van der Waals surface area (Å²) in [6.07, 6.45) is 10.2. The molecule has 4 nitrogen and oxygen atoms in total. The van der Waals surface area contributed by atoms with Crippen LogP contribution in [0.15, 0.2) is 23.3 Å². The number of carbonyl (C=O) groups is 1. The summed E-state index contributed by atoms with van der Waals surface area (Å²) < 4.78 is 0. The molecule has 3 saturated carbocycles. The van der Waals surface area contributed by atoms with E-state index in [4.69, 9.17) is 0 Å². The topological polar surface area (TPSA) is 77.8 Å². The first-order chi connectivity index (χ1) is 15.6. The van der Waals surface area contributed by atoms with Crippen molar-refractivity contribution in [2.24, 2.45) is 44.3 Å². The molecule has 0 aromatic rings. The summed E-state index contributed by atoms with van der Waals surface area (Å²) in [6, 6.07) is 0. The van der Waals surface area contributed by atoms with Gasteiger partial charge in [-0.15, -0.1) is 0 Å². The van der Waals surface area contributed by atoms with E-state index in [0.29, 0.717) is 6.42 Å². The average Bonchev–Trinajstić information content (AvgIpc) is 2.72. The van der Waals surface area contributed by atoms with Gasteiger partial charge in [-0.1, -0.05) is 60.6 Å². The van der Waals surface area contributed by atoms with Crippen LogP contribution in [0.3, 0.4) is 0 Å². The Kier molecular flexibility index (Phi) is 5.06. The molecule has 8 atom stereocenters. The Balaban J connectivity index is 1.70. The lowest BCUT2D eigenvalue weighted by molar-refractivity contribution is -0.228. The van der Waals surface area contributed by atoms with Crippen LogP contribution in [0.2, 0.25) is 0 Å². The number of fused-ring (bicyclic) bond motifs is 6. The van der Waals surface area contributed by atoms with Crippen molar-refractivity contribution in [3.05, 3.63) is 23.3 Å². The van der Waals surface area contributed by atoms with Gasteiger partial charge in [-0.25, -0.2) is 0 Å². The lowest BCUT2D eigenvalue weighted by atomic mass is 9.35. The molecule has 3 fully saturated rings. The number of carboxylic acid groups (broad SMARTS) is 1. The molecule has 0 aromatic heterocycles. The highest BCUT2D eigenvalue weighted by atomic mass is 16.4. The molecule has 4 heteroatoms. The normalized spacial score (nSPS) is 51.1. The fraction of sp³-hybridized carbons (Fsp3) is 0.833. The quantitative estimate of drug-likeness (QED) is 0.431. The van der Waals surface area contributed by atoms with Crippen molar-refractivity contribution in [2.75, 3.05) is 0 Å². The highest BCUT2D eigenvalue weighted by molar-refractivity contribution is 5.80. The van der Waals surface area contributed by atoms with Crippen LogP contribution in [0, 0.1) is 44.3 Å². The Morgan fingerprint density at radius 2 is 1.56 bits per heavy atom. The van der Waals surface area contributed by atoms with E-state index in [1.165, 1.54) is 11.1 Å². The van der Waals surface area contributed by atoms with E-state index in [1.807, 2.05) is 0 Å². The molecule has 190 valence electrons. The van der Waals surface area contributed by atoms with Gasteiger partial charge in [0, 0.05) is 11.8 Å². The molecule has 0 aromatic carbocycles. The van der Waals surface area contributed by atoms with E-state index >= 15 is 0 Å². The molecule has 5 aliphatic rings. The van der Waals surface area contributed by atoms with E-state index in [9.17, 15) is 20.1 Å². The lowest BCUT2D eigenvalue weighted by Gasteiger charge is -2.70. The maximum Gasteiger partial charge on any atom is 0.313 e. The third kappa shape index (κ3) is 2.76. The summed E-state index contributed by atoms with van der Waals surface area (Å²) in [7, 11) is 0. The summed E-state index contributed by atoms with van der Waals surface area (Å²) in [5.74, 6) is -0.194. The van der Waals surface area contributed by atoms with Crippen molar-refractivity contribution < 1.29 is 20.1 Å². The summed E-state index contributed by atoms with van der Waals surface area (Å²) in [5.41, 5.74) is 1.18. The minimum absolute atomic E-state index is 0.0546. The summed E-state index contributed by atoms with van der Waals surface area (Å²) in [4.78, 5) is 12.7. The SMILES string of the molecule is CC1(C)CC[C@]2(C(=O)O)CC[C@]3(C)C(=C2C1)C=C[C@@H]1[C@@]2(C)[C@H](O)C[C@H](O)C(C)(C)[C@@H]2CC[C@]13C. The van der Waals surface area contributed by atoms with Crippen molar-refractivity contribution in [3.63, 3.8) is 0 Å². The monoisotopic (exact) mass is 470 g/mol. The number of aliphatic carboxylic acids is 1. The summed E-state index contributed by atoms with van der Waals surface area (Å²) in [5, 5.41) is 32.8. The number of hydrogen-bond acceptors (Lipinski definition) is 3. The number of allylic oxidation sites excluding steroid dienone is 3. The number of carboxylic acids is 1. The van der Waals surface area contributed by atoms with Crippen LogP contribution in [-0.2, 0) is 4.79 Å². The fourth-order valence-corrected chi connectivity index (χ4v) is 9.88. The maximum absolute atomic E-state index is 12.7. The van der Waals surface area contributed by atoms with Crippen LogP contribution in [0.25, 0.3) is 0 Å². The highest BCUT2D eigenvalue weighted by Crippen LogP contribution is 2.74. The van der Waals surface area contributed by atoms with Crippen molar-refractivity contribution in [3.8, 4) is 0 Å². The molecule has 0 saturated heterocycles. The molecule has 34 heavy (non-hydrogen) atoms. The van der Waals surface area contributed by atoms with Crippen LogP contribution < -0.4 is 0 Å². The first-order valence-electron chi connectivity index (χ1n) is 13.6. The third-order valence-corrected chi connectivity index (χ3v) is 12.5. The maximum atomic E-state index is 12.7. The van der Waals surface area contributed by atoms with Gasteiger partial charge < -0.3 is 15.3 Å². The van der Waals surface area contributed by atoms with Crippen LogP contribution in [0.5, 0.6) is 0 Å². The number of aliphatic hydroxyl groups excluding tert-OH is 2. The Morgan fingerprint density at radius 1 is 0.912 bits per heavy atom. The molecule has 0 bridgehead atoms. The zero-order valence-corrected chi connectivity index (χ0v) is 22.4. The summed E-state index contributed by atoms with van der Waals surface area (Å²) in [6.45, 7) is 16.0. The minimum atomic E-state index is -0.713. The predicted octanol–water partition coefficient (Wildman–Crippen LogP) is 6.12. The van der Waals surface area contributed by atoms with Crippen molar-refractivity contribution >= 4 is 5.97 Å². The molecule has 5 aliphatic carbocycles. The van der Waals surface area contributed by atoms with Crippen LogP contribution >= 0.6 is 0 Å². The number of aliphatic hydroxyl groups is 2. The van der Waals surface area contributed by atoms with Crippen molar-refractivity contribution in [1.29, 1.82) is 0 Å². The standard InChI is InChI=1S/C30H46O4/c1-25(2)12-14-30(24(33)34)15-13-27(5)18(19(30)17-25)8-9-21-28(27,6)11-10-20-26(3,4)22(31)16-23(32)29(20,21)7/h8-9,20-23,31-32H,10-17H2,1-7H3,(H,33,34)/t20-,21-,22-,23+,27+,28+,29-,30-/m0/s1. The zero-order chi connectivity index (χ0) is 25.1. The van der Waals surface area contributed by atoms with Gasteiger partial charge in [0.25, 0.3) is 0 Å². The van der Waals surface area contributed by atoms with Crippen LogP contribution in [0.1, 0.15) is 99.8 Å². The molecule has 0 heterocycles. The van der Waals surface area contributed by atoms with Gasteiger partial charge in [0.05, 0.1) is 17.6 Å². The molecule has 0 spiro atoms. The van der Waals surface area contributed by atoms with E-state index in [1.54, 1.807) is 0 Å². The molecule has 3 N–H and O–H groups in total. The molecule has 0 aliphatic heterocycles. The van der Waals surface area contributed by atoms with Gasteiger partial charge in [0.2, 0.25) is 0 Å². The van der Waals surface area contributed by atoms with Gasteiger partial charge in [-0.3, -0.25) is 4.79 Å². The van der Waals surface area contributed by atoms with E-state index in [-0.39, 0.29) is 38.9 Å². The van der Waals surface area contributed by atoms with Crippen molar-refractivity contribution in [2.45, 2.75) is 112 Å². The van der Waals surface area contributed by atoms with Gasteiger partial charge in [0.15, 0.2) is 0 Å². The smallest absolute Gasteiger partial charge is 0.313 e. The molecular formula is C30H46O4. The van der Waals surface area contributed by atoms with E-state index < -0.39 is 23.6 Å². The fourth-order valence-electron chi connectivity index (χ4n) is 9.88. The van der Waals surface area contributed by atoms with Gasteiger partial charge in [-0.05, 0) is 89.6 Å². The first-order valence-corrected chi connectivity index (χ1v) is 13.6. The second-order valence-electron chi connectivity index (χ2n) is 14.8. The van der Waals surface area contributed by atoms with Gasteiger partial charge in [-0.2, -0.15) is 0 Å². The highest BCUT2D eigenvalue weighted by Gasteiger charge is 2.69. The molecular weight excluding hydrogens is 424 g/mol. The van der Waals surface area contributed by atoms with E-state index in [2.05, 4.69) is 60.6 Å². The Morgan fingerprint density at radius 3 is 2.21 bits per heavy atom. The average molecular weight is 471 g/mol. The minimum Gasteiger partial charge on any atom is -0.481 e. The number of rotatable bonds is 1. The summed E-state index contributed by atoms with van der Waals surface area (Å²) >= 11 is 0. The largest absolute Gasteiger partial charge is 0.481 e. The molecule has 0 radical (unpaired) electrons. The Bertz CT molecular complexity index is 974. The van der Waals surface area contributed by atoms with Gasteiger partial charge >= 0.3 is 5.97 Å². The predicted molar refractivity (Wildman–Crippen MR) is 134 cm³/mol. The molecule has 0 amide bonds. The second-order valence-corrected chi connectivity index (χ2v) is 14.8. The Hall–Kier alpha value is -1.13. The molecule has 0 unspecified atom stereocenters. The second kappa shape index (κ2) is 7.00. The Labute approximate surface area is 205 Å². The number of hydrogen-bond donors (Lipinski definition) is 3. The van der Waals surface area contributed by atoms with Crippen LogP contribution in [-0.4, -0.2) is 33.5 Å². The third-order valence-electron chi connectivity index (χ3n) is 12.5. The molecule has 5 rings (SSSR count). The van der Waals surface area contributed by atoms with Crippen LogP contribution in [0.4, 0.5) is 0 Å². The lowest BCUT2D eigenvalue weighted by Crippen LogP contribution is -2.67. The van der Waals surface area contributed by atoms with E-state index in [0.717, 1.165) is 44.9 Å². The first kappa shape index (κ1) is 24.6. The zero-order valence-electron chi connectivity index (χ0n) is 22.4. The van der Waals surface area contributed by atoms with Gasteiger partial charge in [0.1, 0.15) is 0 Å². The van der Waals surface area contributed by atoms with Crippen molar-refractivity contribution in [1.82, 2.24) is 0 Å².